The summed E-state index contributed by atoms with van der Waals surface area (Å²) in [5.74, 6) is 0.899. The summed E-state index contributed by atoms with van der Waals surface area (Å²) < 4.78 is 34.3. The van der Waals surface area contributed by atoms with E-state index in [0.29, 0.717) is 11.5 Å². The number of sulfone groups is 1. The molecule has 1 aliphatic rings. The molecule has 6 heteroatoms. The number of nitrogens with two attached hydrogens (primary N) is 1. The lowest BCUT2D eigenvalue weighted by atomic mass is 9.88. The predicted molar refractivity (Wildman–Crippen MR) is 77.2 cm³/mol. The number of ether oxygens (including phenoxy) is 2. The van der Waals surface area contributed by atoms with Crippen LogP contribution in [0.1, 0.15) is 25.3 Å². The van der Waals surface area contributed by atoms with Gasteiger partial charge in [0.1, 0.15) is 16.4 Å². The molecule has 1 aromatic rings. The van der Waals surface area contributed by atoms with Crippen molar-refractivity contribution in [1.82, 2.24) is 0 Å². The Hall–Kier alpha value is -1.27. The average molecular weight is 299 g/mol. The highest BCUT2D eigenvalue weighted by molar-refractivity contribution is 7.90. The topological polar surface area (TPSA) is 78.6 Å². The third-order valence-corrected chi connectivity index (χ3v) is 5.20. The molecular formula is C14H21NO4S. The van der Waals surface area contributed by atoms with Gasteiger partial charge in [0.25, 0.3) is 0 Å². The second kappa shape index (κ2) is 4.93. The van der Waals surface area contributed by atoms with E-state index in [1.165, 1.54) is 20.3 Å². The maximum atomic E-state index is 11.8. The average Bonchev–Trinajstić information content (AvgIpc) is 3.17. The Bertz CT molecular complexity index is 618. The van der Waals surface area contributed by atoms with Gasteiger partial charge in [-0.1, -0.05) is 0 Å². The van der Waals surface area contributed by atoms with Crippen LogP contribution in [-0.4, -0.2) is 34.9 Å². The van der Waals surface area contributed by atoms with E-state index in [1.54, 1.807) is 6.07 Å². The first-order valence-corrected chi connectivity index (χ1v) is 8.37. The molecule has 0 aromatic heterocycles. The largest absolute Gasteiger partial charge is 0.496 e. The highest BCUT2D eigenvalue weighted by atomic mass is 32.2. The molecule has 0 aliphatic heterocycles. The van der Waals surface area contributed by atoms with Gasteiger partial charge in [-0.2, -0.15) is 0 Å². The van der Waals surface area contributed by atoms with Gasteiger partial charge in [-0.3, -0.25) is 0 Å². The minimum Gasteiger partial charge on any atom is -0.496 e. The van der Waals surface area contributed by atoms with Crippen LogP contribution in [0.3, 0.4) is 0 Å². The summed E-state index contributed by atoms with van der Waals surface area (Å²) in [6, 6.07) is 3.27. The highest BCUT2D eigenvalue weighted by Gasteiger charge is 2.49. The number of methoxy groups -OCH3 is 2. The minimum atomic E-state index is -3.38. The van der Waals surface area contributed by atoms with Crippen molar-refractivity contribution in [1.29, 1.82) is 0 Å². The zero-order valence-corrected chi connectivity index (χ0v) is 13.1. The van der Waals surface area contributed by atoms with Gasteiger partial charge in [-0.05, 0) is 25.8 Å². The lowest BCUT2D eigenvalue weighted by molar-refractivity contribution is 0.380. The number of hydrogen-bond donors (Lipinski definition) is 1. The first-order valence-electron chi connectivity index (χ1n) is 6.48. The summed E-state index contributed by atoms with van der Waals surface area (Å²) in [5.41, 5.74) is 6.89. The molecule has 1 aromatic carbocycles. The Kier molecular flexibility index (Phi) is 3.73. The van der Waals surface area contributed by atoms with E-state index >= 15 is 0 Å². The van der Waals surface area contributed by atoms with E-state index in [2.05, 4.69) is 0 Å². The van der Waals surface area contributed by atoms with Gasteiger partial charge in [0.15, 0.2) is 9.84 Å². The van der Waals surface area contributed by atoms with Crippen molar-refractivity contribution in [2.75, 3.05) is 20.5 Å². The summed E-state index contributed by atoms with van der Waals surface area (Å²) in [5, 5.41) is 0. The second-order valence-electron chi connectivity index (χ2n) is 5.42. The van der Waals surface area contributed by atoms with E-state index in [-0.39, 0.29) is 16.4 Å². The lowest BCUT2D eigenvalue weighted by Gasteiger charge is -2.24. The maximum absolute atomic E-state index is 11.8. The number of hydrogen-bond acceptors (Lipinski definition) is 5. The molecule has 0 heterocycles. The van der Waals surface area contributed by atoms with Crippen LogP contribution in [0.25, 0.3) is 0 Å². The molecule has 1 atom stereocenters. The summed E-state index contributed by atoms with van der Waals surface area (Å²) in [6.45, 7) is 1.96. The van der Waals surface area contributed by atoms with Crippen molar-refractivity contribution in [3.8, 4) is 11.5 Å². The third kappa shape index (κ3) is 2.38. The molecule has 0 amide bonds. The Morgan fingerprint density at radius 1 is 1.20 bits per heavy atom. The molecule has 0 bridgehead atoms. The molecule has 2 rings (SSSR count). The lowest BCUT2D eigenvalue weighted by Crippen LogP contribution is -2.32. The number of benzene rings is 1. The van der Waals surface area contributed by atoms with E-state index in [1.807, 2.05) is 6.92 Å². The SMILES string of the molecule is COc1cc(S(C)(=O)=O)c(OC)cc1C1(C(C)N)CC1. The molecule has 5 nitrogen and oxygen atoms in total. The van der Waals surface area contributed by atoms with Crippen LogP contribution in [0, 0.1) is 0 Å². The van der Waals surface area contributed by atoms with Crippen LogP contribution in [0.2, 0.25) is 0 Å². The molecule has 112 valence electrons. The zero-order valence-electron chi connectivity index (χ0n) is 12.3. The molecule has 1 aliphatic carbocycles. The van der Waals surface area contributed by atoms with Crippen molar-refractivity contribution in [2.45, 2.75) is 36.1 Å². The van der Waals surface area contributed by atoms with Gasteiger partial charge in [0.05, 0.1) is 14.2 Å². The predicted octanol–water partition coefficient (Wildman–Crippen LogP) is 1.49. The van der Waals surface area contributed by atoms with Crippen LogP contribution < -0.4 is 15.2 Å². The fourth-order valence-corrected chi connectivity index (χ4v) is 3.48. The molecule has 0 spiro atoms. The van der Waals surface area contributed by atoms with Crippen LogP contribution in [-0.2, 0) is 15.3 Å². The summed E-state index contributed by atoms with van der Waals surface area (Å²) >= 11 is 0. The molecule has 0 radical (unpaired) electrons. The summed E-state index contributed by atoms with van der Waals surface area (Å²) in [6.07, 6.45) is 3.10. The normalized spacial score (nSPS) is 18.4. The van der Waals surface area contributed by atoms with Crippen LogP contribution >= 0.6 is 0 Å². The first kappa shape index (κ1) is 15.1. The molecule has 2 N–H and O–H groups in total. The molecule has 1 saturated carbocycles. The zero-order chi connectivity index (χ0) is 15.1. The Morgan fingerprint density at radius 3 is 2.10 bits per heavy atom. The Morgan fingerprint density at radius 2 is 1.75 bits per heavy atom. The van der Waals surface area contributed by atoms with Crippen molar-refractivity contribution in [3.05, 3.63) is 17.7 Å². The number of rotatable bonds is 5. The monoisotopic (exact) mass is 299 g/mol. The van der Waals surface area contributed by atoms with E-state index in [4.69, 9.17) is 15.2 Å². The summed E-state index contributed by atoms with van der Waals surface area (Å²) in [4.78, 5) is 0.140. The third-order valence-electron chi connectivity index (χ3n) is 4.08. The van der Waals surface area contributed by atoms with Gasteiger partial charge >= 0.3 is 0 Å². The van der Waals surface area contributed by atoms with Gasteiger partial charge in [0, 0.05) is 29.3 Å². The van der Waals surface area contributed by atoms with Crippen molar-refractivity contribution in [2.24, 2.45) is 5.73 Å². The second-order valence-corrected chi connectivity index (χ2v) is 7.40. The van der Waals surface area contributed by atoms with E-state index < -0.39 is 9.84 Å². The first-order chi connectivity index (χ1) is 9.26. The van der Waals surface area contributed by atoms with E-state index in [0.717, 1.165) is 24.7 Å². The van der Waals surface area contributed by atoms with Crippen LogP contribution in [0.15, 0.2) is 17.0 Å². The standard InChI is InChI=1S/C14H21NO4S/c1-9(15)14(5-6-14)10-7-12(19-3)13(20(4,16)17)8-11(10)18-2/h7-9H,5-6,15H2,1-4H3. The fraction of sp³-hybridized carbons (Fsp3) is 0.571. The van der Waals surface area contributed by atoms with Gasteiger partial charge < -0.3 is 15.2 Å². The maximum Gasteiger partial charge on any atom is 0.179 e. The molecule has 1 unspecified atom stereocenters. The van der Waals surface area contributed by atoms with E-state index in [9.17, 15) is 8.42 Å². The molecule has 0 saturated heterocycles. The van der Waals surface area contributed by atoms with Gasteiger partial charge in [-0.15, -0.1) is 0 Å². The van der Waals surface area contributed by atoms with Crippen molar-refractivity contribution in [3.63, 3.8) is 0 Å². The smallest absolute Gasteiger partial charge is 0.179 e. The molecule has 20 heavy (non-hydrogen) atoms. The van der Waals surface area contributed by atoms with Gasteiger partial charge in [0.2, 0.25) is 0 Å². The Labute approximate surface area is 120 Å². The fourth-order valence-electron chi connectivity index (χ4n) is 2.65. The summed E-state index contributed by atoms with van der Waals surface area (Å²) in [7, 11) is -0.376. The molecule has 1 fully saturated rings. The van der Waals surface area contributed by atoms with Gasteiger partial charge in [-0.25, -0.2) is 8.42 Å². The highest BCUT2D eigenvalue weighted by Crippen LogP contribution is 2.54. The van der Waals surface area contributed by atoms with Crippen LogP contribution in [0.4, 0.5) is 0 Å². The van der Waals surface area contributed by atoms with Crippen molar-refractivity contribution >= 4 is 9.84 Å². The van der Waals surface area contributed by atoms with Crippen LogP contribution in [0.5, 0.6) is 11.5 Å². The molecular weight excluding hydrogens is 278 g/mol. The minimum absolute atomic E-state index is 0.0230. The quantitative estimate of drug-likeness (QED) is 0.891. The Balaban J connectivity index is 2.66. The van der Waals surface area contributed by atoms with Crippen molar-refractivity contribution < 1.29 is 17.9 Å².